The normalized spacial score (nSPS) is 17.7. The highest BCUT2D eigenvalue weighted by molar-refractivity contribution is 5.96. The molecule has 3 nitrogen and oxygen atoms in total. The summed E-state index contributed by atoms with van der Waals surface area (Å²) in [5.41, 5.74) is 0.560. The number of halogens is 1. The van der Waals surface area contributed by atoms with Crippen molar-refractivity contribution in [1.82, 2.24) is 5.32 Å². The van der Waals surface area contributed by atoms with Gasteiger partial charge < -0.3 is 10.4 Å². The summed E-state index contributed by atoms with van der Waals surface area (Å²) >= 11 is 0. The molecule has 18 heavy (non-hydrogen) atoms. The number of hydrogen-bond donors (Lipinski definition) is 2. The first kappa shape index (κ1) is 13.0. The Morgan fingerprint density at radius 3 is 2.72 bits per heavy atom. The summed E-state index contributed by atoms with van der Waals surface area (Å²) in [5, 5.41) is 12.3. The lowest BCUT2D eigenvalue weighted by Gasteiger charge is -2.28. The van der Waals surface area contributed by atoms with Gasteiger partial charge in [-0.25, -0.2) is 4.39 Å². The number of rotatable bonds is 3. The minimum atomic E-state index is -0.518. The number of carbonyl (C=O) groups is 1. The molecule has 0 spiro atoms. The fourth-order valence-electron chi connectivity index (χ4n) is 2.52. The summed E-state index contributed by atoms with van der Waals surface area (Å²) in [7, 11) is 0. The third kappa shape index (κ3) is 2.53. The van der Waals surface area contributed by atoms with Crippen molar-refractivity contribution in [3.8, 4) is 0 Å². The van der Waals surface area contributed by atoms with E-state index in [1.165, 1.54) is 12.1 Å². The second-order valence-corrected chi connectivity index (χ2v) is 5.06. The van der Waals surface area contributed by atoms with Crippen molar-refractivity contribution in [3.05, 3.63) is 35.1 Å². The van der Waals surface area contributed by atoms with Crippen LogP contribution in [0, 0.1) is 12.7 Å². The van der Waals surface area contributed by atoms with Gasteiger partial charge in [-0.05, 0) is 37.5 Å². The predicted molar refractivity (Wildman–Crippen MR) is 66.9 cm³/mol. The molecule has 1 aromatic carbocycles. The van der Waals surface area contributed by atoms with Crippen molar-refractivity contribution in [2.75, 3.05) is 6.61 Å². The number of aliphatic hydroxyl groups excluding tert-OH is 1. The van der Waals surface area contributed by atoms with Crippen molar-refractivity contribution < 1.29 is 14.3 Å². The Morgan fingerprint density at radius 1 is 1.44 bits per heavy atom. The quantitative estimate of drug-likeness (QED) is 0.865. The molecule has 0 aromatic heterocycles. The van der Waals surface area contributed by atoms with Crippen LogP contribution in [0.15, 0.2) is 18.2 Å². The molecule has 2 N–H and O–H groups in total. The summed E-state index contributed by atoms with van der Waals surface area (Å²) < 4.78 is 13.2. The molecule has 1 fully saturated rings. The molecule has 4 heteroatoms. The topological polar surface area (TPSA) is 49.3 Å². The van der Waals surface area contributed by atoms with Gasteiger partial charge in [-0.1, -0.05) is 18.9 Å². The number of carbonyl (C=O) groups excluding carboxylic acids is 1. The van der Waals surface area contributed by atoms with E-state index in [-0.39, 0.29) is 12.5 Å². The van der Waals surface area contributed by atoms with Crippen molar-refractivity contribution in [1.29, 1.82) is 0 Å². The largest absolute Gasteiger partial charge is 0.394 e. The van der Waals surface area contributed by atoms with Gasteiger partial charge in [0.25, 0.3) is 5.91 Å². The third-order valence-corrected chi connectivity index (χ3v) is 3.69. The summed E-state index contributed by atoms with van der Waals surface area (Å²) in [6.07, 6.45) is 3.57. The van der Waals surface area contributed by atoms with Crippen LogP contribution in [0.25, 0.3) is 0 Å². The second-order valence-electron chi connectivity index (χ2n) is 5.06. The zero-order valence-corrected chi connectivity index (χ0v) is 10.5. The van der Waals surface area contributed by atoms with E-state index < -0.39 is 11.4 Å². The Hall–Kier alpha value is -1.42. The highest BCUT2D eigenvalue weighted by atomic mass is 19.1. The molecule has 1 aliphatic carbocycles. The molecule has 2 rings (SSSR count). The molecule has 1 saturated carbocycles. The molecule has 0 bridgehead atoms. The average Bonchev–Trinajstić information content (AvgIpc) is 2.81. The Bertz CT molecular complexity index is 453. The lowest BCUT2D eigenvalue weighted by molar-refractivity contribution is 0.0837. The highest BCUT2D eigenvalue weighted by Crippen LogP contribution is 2.29. The zero-order valence-electron chi connectivity index (χ0n) is 10.5. The van der Waals surface area contributed by atoms with Crippen LogP contribution in [0.1, 0.15) is 41.6 Å². The highest BCUT2D eigenvalue weighted by Gasteiger charge is 2.35. The summed E-state index contributed by atoms with van der Waals surface area (Å²) in [6, 6.07) is 4.17. The predicted octanol–water partition coefficient (Wildman–Crippen LogP) is 2.17. The van der Waals surface area contributed by atoms with E-state index in [4.69, 9.17) is 0 Å². The molecule has 0 aliphatic heterocycles. The van der Waals surface area contributed by atoms with Gasteiger partial charge in [-0.2, -0.15) is 0 Å². The summed E-state index contributed by atoms with van der Waals surface area (Å²) in [5.74, 6) is -0.724. The van der Waals surface area contributed by atoms with E-state index in [0.29, 0.717) is 5.56 Å². The first-order chi connectivity index (χ1) is 8.56. The number of amides is 1. The van der Waals surface area contributed by atoms with Gasteiger partial charge in [0.05, 0.1) is 12.1 Å². The van der Waals surface area contributed by atoms with Crippen LogP contribution in [0.4, 0.5) is 4.39 Å². The van der Waals surface area contributed by atoms with Gasteiger partial charge in [0.1, 0.15) is 5.82 Å². The molecule has 0 radical (unpaired) electrons. The maximum Gasteiger partial charge on any atom is 0.252 e. The fourth-order valence-corrected chi connectivity index (χ4v) is 2.52. The van der Waals surface area contributed by atoms with Crippen molar-refractivity contribution >= 4 is 5.91 Å². The Labute approximate surface area is 106 Å². The molecular weight excluding hydrogens is 233 g/mol. The fraction of sp³-hybridized carbons (Fsp3) is 0.500. The van der Waals surface area contributed by atoms with E-state index in [9.17, 15) is 14.3 Å². The van der Waals surface area contributed by atoms with Gasteiger partial charge in [-0.3, -0.25) is 4.79 Å². The Balaban J connectivity index is 2.18. The van der Waals surface area contributed by atoms with E-state index in [1.807, 2.05) is 0 Å². The Kier molecular flexibility index (Phi) is 3.66. The maximum absolute atomic E-state index is 13.2. The first-order valence-corrected chi connectivity index (χ1v) is 6.26. The van der Waals surface area contributed by atoms with Crippen molar-refractivity contribution in [2.24, 2.45) is 0 Å². The van der Waals surface area contributed by atoms with Gasteiger partial charge in [0.15, 0.2) is 0 Å². The molecule has 0 atom stereocenters. The van der Waals surface area contributed by atoms with Crippen LogP contribution in [0.5, 0.6) is 0 Å². The molecule has 0 saturated heterocycles. The molecule has 0 heterocycles. The SMILES string of the molecule is Cc1ccc(F)cc1C(=O)NC1(CO)CCCC1. The lowest BCUT2D eigenvalue weighted by Crippen LogP contribution is -2.49. The second kappa shape index (κ2) is 5.06. The van der Waals surface area contributed by atoms with E-state index in [1.54, 1.807) is 13.0 Å². The van der Waals surface area contributed by atoms with E-state index in [0.717, 1.165) is 31.2 Å². The number of hydrogen-bond acceptors (Lipinski definition) is 2. The Morgan fingerprint density at radius 2 is 2.11 bits per heavy atom. The number of nitrogens with one attached hydrogen (secondary N) is 1. The molecule has 0 unspecified atom stereocenters. The number of benzene rings is 1. The summed E-state index contributed by atoms with van der Waals surface area (Å²) in [4.78, 5) is 12.1. The smallest absolute Gasteiger partial charge is 0.252 e. The van der Waals surface area contributed by atoms with Crippen LogP contribution in [0.2, 0.25) is 0 Å². The average molecular weight is 251 g/mol. The van der Waals surface area contributed by atoms with E-state index in [2.05, 4.69) is 5.32 Å². The zero-order chi connectivity index (χ0) is 13.2. The minimum Gasteiger partial charge on any atom is -0.394 e. The van der Waals surface area contributed by atoms with Crippen LogP contribution in [-0.4, -0.2) is 23.2 Å². The lowest BCUT2D eigenvalue weighted by atomic mass is 9.97. The van der Waals surface area contributed by atoms with Gasteiger partial charge in [0, 0.05) is 5.56 Å². The standard InChI is InChI=1S/C14H18FNO2/c1-10-4-5-11(15)8-12(10)13(18)16-14(9-17)6-2-3-7-14/h4-5,8,17H,2-3,6-7,9H2,1H3,(H,16,18). The van der Waals surface area contributed by atoms with Crippen molar-refractivity contribution in [3.63, 3.8) is 0 Å². The molecular formula is C14H18FNO2. The molecule has 1 aromatic rings. The number of aliphatic hydroxyl groups is 1. The maximum atomic E-state index is 13.2. The van der Waals surface area contributed by atoms with Crippen LogP contribution in [0.3, 0.4) is 0 Å². The van der Waals surface area contributed by atoms with Crippen LogP contribution >= 0.6 is 0 Å². The molecule has 98 valence electrons. The van der Waals surface area contributed by atoms with E-state index >= 15 is 0 Å². The van der Waals surface area contributed by atoms with Gasteiger partial charge in [0.2, 0.25) is 0 Å². The van der Waals surface area contributed by atoms with Gasteiger partial charge >= 0.3 is 0 Å². The minimum absolute atomic E-state index is 0.0624. The van der Waals surface area contributed by atoms with Crippen LogP contribution in [-0.2, 0) is 0 Å². The number of aryl methyl sites for hydroxylation is 1. The first-order valence-electron chi connectivity index (χ1n) is 6.26. The van der Waals surface area contributed by atoms with Crippen molar-refractivity contribution in [2.45, 2.75) is 38.1 Å². The summed E-state index contributed by atoms with van der Waals surface area (Å²) in [6.45, 7) is 1.71. The monoisotopic (exact) mass is 251 g/mol. The van der Waals surface area contributed by atoms with Crippen LogP contribution < -0.4 is 5.32 Å². The van der Waals surface area contributed by atoms with Gasteiger partial charge in [-0.15, -0.1) is 0 Å². The molecule has 1 amide bonds. The molecule has 1 aliphatic rings. The third-order valence-electron chi connectivity index (χ3n) is 3.69.